The molecule has 0 fully saturated rings. The first-order chi connectivity index (χ1) is 13.2. The summed E-state index contributed by atoms with van der Waals surface area (Å²) >= 11 is 6.65. The molecule has 0 aromatic carbocycles. The molecule has 150 valence electrons. The highest BCUT2D eigenvalue weighted by molar-refractivity contribution is 6.26. The van der Waals surface area contributed by atoms with Crippen molar-refractivity contribution in [1.29, 1.82) is 0 Å². The van der Waals surface area contributed by atoms with Crippen LogP contribution in [0.4, 0.5) is 0 Å². The molecular formula is C19H23ClN4O4. The maximum absolute atomic E-state index is 12.3. The predicted molar refractivity (Wildman–Crippen MR) is 106 cm³/mol. The number of carboxylic acid groups (broad SMARTS) is 1. The number of alkyl halides is 1. The smallest absolute Gasteiger partial charge is 0.349 e. The van der Waals surface area contributed by atoms with Gasteiger partial charge in [0.2, 0.25) is 0 Å². The highest BCUT2D eigenvalue weighted by atomic mass is 35.5. The molecule has 0 aromatic heterocycles. The van der Waals surface area contributed by atoms with Crippen LogP contribution in [0.2, 0.25) is 0 Å². The third-order valence-electron chi connectivity index (χ3n) is 5.16. The van der Waals surface area contributed by atoms with Crippen LogP contribution in [0, 0.1) is 0 Å². The average Bonchev–Trinajstić information content (AvgIpc) is 2.59. The van der Waals surface area contributed by atoms with Crippen molar-refractivity contribution in [3.8, 4) is 11.5 Å². The van der Waals surface area contributed by atoms with Gasteiger partial charge >= 0.3 is 11.7 Å². The van der Waals surface area contributed by atoms with Crippen molar-refractivity contribution in [3.05, 3.63) is 37.8 Å². The number of nitrogens with zero attached hydrogens (tertiary/aromatic N) is 3. The van der Waals surface area contributed by atoms with E-state index >= 15 is 0 Å². The second kappa shape index (κ2) is 7.87. The number of allylic oxidation sites excluding steroid dienone is 1. The lowest BCUT2D eigenvalue weighted by molar-refractivity contribution is -0.137. The van der Waals surface area contributed by atoms with E-state index in [1.165, 1.54) is 0 Å². The van der Waals surface area contributed by atoms with Crippen LogP contribution < -0.4 is 11.2 Å². The molecule has 2 heterocycles. The van der Waals surface area contributed by atoms with Crippen molar-refractivity contribution in [3.63, 3.8) is 0 Å². The average molecular weight is 407 g/mol. The summed E-state index contributed by atoms with van der Waals surface area (Å²) in [5.41, 5.74) is 1.34. The number of nitrogens with one attached hydrogen (secondary N) is 1. The van der Waals surface area contributed by atoms with E-state index < -0.39 is 22.1 Å². The van der Waals surface area contributed by atoms with Crippen molar-refractivity contribution in [1.82, 2.24) is 19.5 Å². The Bertz CT molecular complexity index is 1020. The minimum absolute atomic E-state index is 0.131. The van der Waals surface area contributed by atoms with E-state index in [4.69, 9.17) is 16.7 Å². The number of aromatic nitrogens is 4. The number of halogens is 1. The molecule has 1 atom stereocenters. The van der Waals surface area contributed by atoms with Crippen molar-refractivity contribution >= 4 is 23.6 Å². The number of unbranched alkanes of at least 4 members (excludes halogenated alkanes) is 3. The Kier molecular flexibility index (Phi) is 5.69. The van der Waals surface area contributed by atoms with Crippen LogP contribution >= 0.6 is 11.6 Å². The van der Waals surface area contributed by atoms with Crippen molar-refractivity contribution in [2.45, 2.75) is 63.8 Å². The minimum atomic E-state index is -0.793. The zero-order valence-corrected chi connectivity index (χ0v) is 16.7. The van der Waals surface area contributed by atoms with E-state index in [1.807, 2.05) is 24.5 Å². The van der Waals surface area contributed by atoms with Gasteiger partial charge in [0.15, 0.2) is 11.5 Å². The second-order valence-corrected chi connectivity index (χ2v) is 8.23. The number of carbonyl (C=O) groups is 1. The van der Waals surface area contributed by atoms with E-state index in [0.29, 0.717) is 25.1 Å². The van der Waals surface area contributed by atoms with E-state index in [-0.39, 0.29) is 17.9 Å². The molecule has 0 saturated carbocycles. The number of aliphatic carboxylic acids is 1. The Hall–Kier alpha value is -2.48. The molecule has 3 aliphatic rings. The maximum atomic E-state index is 12.3. The largest absolute Gasteiger partial charge is 0.481 e. The molecule has 1 aliphatic carbocycles. The molecule has 0 spiro atoms. The first-order valence-corrected chi connectivity index (χ1v) is 9.70. The van der Waals surface area contributed by atoms with Gasteiger partial charge in [0.1, 0.15) is 0 Å². The summed E-state index contributed by atoms with van der Waals surface area (Å²) < 4.78 is 1.87. The van der Waals surface area contributed by atoms with E-state index in [2.05, 4.69) is 15.0 Å². The van der Waals surface area contributed by atoms with Crippen molar-refractivity contribution in [2.75, 3.05) is 0 Å². The summed E-state index contributed by atoms with van der Waals surface area (Å²) in [5.74, 6) is -0.531. The Morgan fingerprint density at radius 3 is 2.71 bits per heavy atom. The van der Waals surface area contributed by atoms with Gasteiger partial charge in [0.25, 0.3) is 5.56 Å². The third kappa shape index (κ3) is 4.16. The van der Waals surface area contributed by atoms with Crippen LogP contribution in [0.1, 0.15) is 57.3 Å². The molecular weight excluding hydrogens is 384 g/mol. The zero-order valence-electron chi connectivity index (χ0n) is 15.9. The fourth-order valence-corrected chi connectivity index (χ4v) is 3.61. The van der Waals surface area contributed by atoms with Crippen LogP contribution in [0.15, 0.2) is 15.2 Å². The zero-order chi connectivity index (χ0) is 20.5. The molecule has 0 radical (unpaired) electrons. The van der Waals surface area contributed by atoms with Crippen LogP contribution in [0.5, 0.6) is 0 Å². The minimum Gasteiger partial charge on any atom is -0.481 e. The normalized spacial score (nSPS) is 18.8. The number of hydrogen-bond donors (Lipinski definition) is 2. The number of H-pyrrole nitrogens is 1. The van der Waals surface area contributed by atoms with Gasteiger partial charge in [0, 0.05) is 25.1 Å². The molecule has 0 saturated heterocycles. The van der Waals surface area contributed by atoms with Gasteiger partial charge < -0.3 is 9.67 Å². The van der Waals surface area contributed by atoms with Gasteiger partial charge in [-0.2, -0.15) is 4.98 Å². The summed E-state index contributed by atoms with van der Waals surface area (Å²) in [4.78, 5) is 44.7. The Morgan fingerprint density at radius 1 is 1.29 bits per heavy atom. The lowest BCUT2D eigenvalue weighted by Crippen LogP contribution is -2.34. The van der Waals surface area contributed by atoms with Gasteiger partial charge in [0.05, 0.1) is 10.6 Å². The monoisotopic (exact) mass is 406 g/mol. The molecule has 2 aliphatic heterocycles. The Morgan fingerprint density at radius 2 is 2.00 bits per heavy atom. The van der Waals surface area contributed by atoms with Gasteiger partial charge in [-0.05, 0) is 32.8 Å². The lowest BCUT2D eigenvalue weighted by atomic mass is 9.89. The Labute approximate surface area is 166 Å². The summed E-state index contributed by atoms with van der Waals surface area (Å²) in [7, 11) is 0. The van der Waals surface area contributed by atoms with E-state index in [1.54, 1.807) is 0 Å². The SMILES string of the molecule is CC1=Cc2nc3c(=O)[nH]c(=O)nc-3n(CCCCCCC(=O)O)c2CC1(C)Cl. The lowest BCUT2D eigenvalue weighted by Gasteiger charge is -2.31. The van der Waals surface area contributed by atoms with Crippen LogP contribution in [0.25, 0.3) is 17.6 Å². The first kappa shape index (κ1) is 20.3. The molecule has 0 aromatic rings. The second-order valence-electron chi connectivity index (χ2n) is 7.40. The van der Waals surface area contributed by atoms with Gasteiger partial charge in [-0.3, -0.25) is 14.6 Å². The quantitative estimate of drug-likeness (QED) is 0.538. The van der Waals surface area contributed by atoms with E-state index in [0.717, 1.165) is 30.5 Å². The fourth-order valence-electron chi connectivity index (χ4n) is 3.43. The number of aromatic amines is 1. The summed E-state index contributed by atoms with van der Waals surface area (Å²) in [5, 5.41) is 8.72. The number of hydrogen-bond acceptors (Lipinski definition) is 5. The number of rotatable bonds is 7. The Balaban J connectivity index is 1.96. The first-order valence-electron chi connectivity index (χ1n) is 9.32. The van der Waals surface area contributed by atoms with Gasteiger partial charge in [-0.25, -0.2) is 9.78 Å². The van der Waals surface area contributed by atoms with Crippen LogP contribution in [-0.4, -0.2) is 35.5 Å². The van der Waals surface area contributed by atoms with E-state index in [9.17, 15) is 14.4 Å². The molecule has 9 heteroatoms. The van der Waals surface area contributed by atoms with Crippen LogP contribution in [-0.2, 0) is 17.8 Å². The maximum Gasteiger partial charge on any atom is 0.349 e. The summed E-state index contributed by atoms with van der Waals surface area (Å²) in [6.07, 6.45) is 5.56. The van der Waals surface area contributed by atoms with Crippen molar-refractivity contribution in [2.24, 2.45) is 0 Å². The summed E-state index contributed by atoms with van der Waals surface area (Å²) in [6, 6.07) is 0. The molecule has 0 bridgehead atoms. The molecule has 3 rings (SSSR count). The number of fused-ring (bicyclic) bond motifs is 2. The molecule has 8 nitrogen and oxygen atoms in total. The standard InChI is InChI=1S/C19H23ClN4O4/c1-11-9-12-13(10-19(11,2)20)24(8-6-4-3-5-7-14(25)26)16-15(21-12)17(27)23-18(28)22-16/h9H,3-8,10H2,1-2H3,(H,25,26)(H,23,27,28). The molecule has 1 unspecified atom stereocenters. The van der Waals surface area contributed by atoms with Gasteiger partial charge in [-0.1, -0.05) is 18.4 Å². The third-order valence-corrected chi connectivity index (χ3v) is 5.59. The highest BCUT2D eigenvalue weighted by Crippen LogP contribution is 2.37. The molecule has 2 N–H and O–H groups in total. The molecule has 0 amide bonds. The molecule has 28 heavy (non-hydrogen) atoms. The predicted octanol–water partition coefficient (Wildman–Crippen LogP) is 2.42. The topological polar surface area (TPSA) is 118 Å². The summed E-state index contributed by atoms with van der Waals surface area (Å²) in [6.45, 7) is 4.40. The van der Waals surface area contributed by atoms with Crippen LogP contribution in [0.3, 0.4) is 0 Å². The number of carboxylic acids is 1. The van der Waals surface area contributed by atoms with Crippen molar-refractivity contribution < 1.29 is 9.90 Å². The highest BCUT2D eigenvalue weighted by Gasteiger charge is 2.33. The van der Waals surface area contributed by atoms with Gasteiger partial charge in [-0.15, -0.1) is 11.6 Å². The fraction of sp³-hybridized carbons (Fsp3) is 0.526.